The van der Waals surface area contributed by atoms with Gasteiger partial charge in [-0.05, 0) is 77.0 Å². The zero-order valence-electron chi connectivity index (χ0n) is 17.6. The maximum atomic E-state index is 12.4. The second kappa shape index (κ2) is 10.8. The van der Waals surface area contributed by atoms with Crippen LogP contribution in [0.3, 0.4) is 0 Å². The Bertz CT molecular complexity index is 1300. The molecule has 0 bridgehead atoms. The summed E-state index contributed by atoms with van der Waals surface area (Å²) in [5.74, 6) is -0.0815. The number of amides is 1. The molecule has 8 nitrogen and oxygen atoms in total. The maximum absolute atomic E-state index is 12.4. The van der Waals surface area contributed by atoms with E-state index in [0.29, 0.717) is 24.3 Å². The smallest absolute Gasteiger partial charge is 0.251 e. The summed E-state index contributed by atoms with van der Waals surface area (Å²) in [7, 11) is 0. The van der Waals surface area contributed by atoms with Gasteiger partial charge in [-0.25, -0.2) is 4.98 Å². The molecule has 0 aliphatic rings. The number of hydrogen-bond acceptors (Lipinski definition) is 4. The molecular weight excluding hydrogens is 529 g/mol. The minimum atomic E-state index is -0.0815. The van der Waals surface area contributed by atoms with Crippen molar-refractivity contribution in [2.75, 3.05) is 6.54 Å². The van der Waals surface area contributed by atoms with Crippen molar-refractivity contribution in [2.24, 2.45) is 5.11 Å². The number of aromatic nitrogens is 3. The van der Waals surface area contributed by atoms with Crippen molar-refractivity contribution in [1.82, 2.24) is 19.9 Å². The van der Waals surface area contributed by atoms with E-state index in [1.54, 1.807) is 24.8 Å². The predicted octanol–water partition coefficient (Wildman–Crippen LogP) is 5.98. The fourth-order valence-electron chi connectivity index (χ4n) is 3.50. The third-order valence-corrected chi connectivity index (χ3v) is 5.76. The molecule has 0 saturated heterocycles. The number of aryl methyl sites for hydroxylation is 1. The highest BCUT2D eigenvalue weighted by molar-refractivity contribution is 14.1. The van der Waals surface area contributed by atoms with Gasteiger partial charge in [-0.15, -0.1) is 0 Å². The molecule has 0 radical (unpaired) electrons. The standard InChI is InChI=1S/C24H20IN7O/c25-20-7-5-18(6-8-20)24(33)28-11-2-14-32-16-29-22(23(32)17-9-12-27-13-10-17)19-3-1-4-21(15-19)30-31-26/h1,3-10,12-13,15-16H,2,11,14H2,(H,28,33). The van der Waals surface area contributed by atoms with Crippen molar-refractivity contribution in [3.63, 3.8) is 0 Å². The van der Waals surface area contributed by atoms with Crippen molar-refractivity contribution in [3.05, 3.63) is 99.0 Å². The Morgan fingerprint density at radius 2 is 1.88 bits per heavy atom. The van der Waals surface area contributed by atoms with Crippen molar-refractivity contribution in [3.8, 4) is 22.5 Å². The molecule has 1 amide bonds. The first kappa shape index (κ1) is 22.5. The summed E-state index contributed by atoms with van der Waals surface area (Å²) in [5, 5.41) is 6.68. The monoisotopic (exact) mass is 549 g/mol. The molecule has 9 heteroatoms. The second-order valence-corrected chi connectivity index (χ2v) is 8.47. The summed E-state index contributed by atoms with van der Waals surface area (Å²) in [5.41, 5.74) is 13.5. The number of nitrogens with one attached hydrogen (secondary N) is 1. The van der Waals surface area contributed by atoms with Crippen LogP contribution in [0.25, 0.3) is 33.0 Å². The van der Waals surface area contributed by atoms with Crippen molar-refractivity contribution in [1.29, 1.82) is 0 Å². The lowest BCUT2D eigenvalue weighted by molar-refractivity contribution is 0.0952. The molecule has 4 rings (SSSR count). The Morgan fingerprint density at radius 1 is 1.09 bits per heavy atom. The lowest BCUT2D eigenvalue weighted by Gasteiger charge is -2.11. The molecule has 2 aromatic carbocycles. The van der Waals surface area contributed by atoms with E-state index in [1.807, 2.05) is 54.6 Å². The Kier molecular flexibility index (Phi) is 7.33. The van der Waals surface area contributed by atoms with Crippen LogP contribution in [0.15, 0.2) is 84.5 Å². The number of benzene rings is 2. The van der Waals surface area contributed by atoms with Gasteiger partial charge in [-0.3, -0.25) is 9.78 Å². The predicted molar refractivity (Wildman–Crippen MR) is 136 cm³/mol. The van der Waals surface area contributed by atoms with Gasteiger partial charge in [-0.2, -0.15) is 0 Å². The third-order valence-electron chi connectivity index (χ3n) is 5.04. The first-order valence-corrected chi connectivity index (χ1v) is 11.4. The summed E-state index contributed by atoms with van der Waals surface area (Å²) < 4.78 is 3.16. The van der Waals surface area contributed by atoms with E-state index in [2.05, 4.69) is 52.5 Å². The van der Waals surface area contributed by atoms with Crippen LogP contribution in [-0.2, 0) is 6.54 Å². The van der Waals surface area contributed by atoms with Gasteiger partial charge < -0.3 is 9.88 Å². The van der Waals surface area contributed by atoms with Crippen LogP contribution in [0.1, 0.15) is 16.8 Å². The van der Waals surface area contributed by atoms with E-state index >= 15 is 0 Å². The first-order chi connectivity index (χ1) is 16.2. The fraction of sp³-hybridized carbons (Fsp3) is 0.125. The highest BCUT2D eigenvalue weighted by Crippen LogP contribution is 2.32. The Hall–Kier alpha value is -3.69. The zero-order valence-corrected chi connectivity index (χ0v) is 19.8. The van der Waals surface area contributed by atoms with Gasteiger partial charge in [0, 0.05) is 56.3 Å². The molecule has 0 fully saturated rings. The number of nitrogens with zero attached hydrogens (tertiary/aromatic N) is 6. The number of hydrogen-bond donors (Lipinski definition) is 1. The van der Waals surface area contributed by atoms with E-state index in [9.17, 15) is 4.79 Å². The van der Waals surface area contributed by atoms with Crippen LogP contribution in [0.5, 0.6) is 0 Å². The van der Waals surface area contributed by atoms with Crippen molar-refractivity contribution >= 4 is 34.2 Å². The van der Waals surface area contributed by atoms with Gasteiger partial charge in [0.25, 0.3) is 5.91 Å². The molecule has 164 valence electrons. The Labute approximate surface area is 204 Å². The van der Waals surface area contributed by atoms with Crippen LogP contribution in [0, 0.1) is 3.57 Å². The van der Waals surface area contributed by atoms with Gasteiger partial charge >= 0.3 is 0 Å². The van der Waals surface area contributed by atoms with E-state index in [-0.39, 0.29) is 5.91 Å². The number of halogens is 1. The van der Waals surface area contributed by atoms with E-state index in [1.165, 1.54) is 0 Å². The van der Waals surface area contributed by atoms with Gasteiger partial charge in [-0.1, -0.05) is 23.3 Å². The highest BCUT2D eigenvalue weighted by atomic mass is 127. The summed E-state index contributed by atoms with van der Waals surface area (Å²) in [6, 6.07) is 18.7. The first-order valence-electron chi connectivity index (χ1n) is 10.3. The molecule has 4 aromatic rings. The molecule has 0 unspecified atom stereocenters. The molecule has 33 heavy (non-hydrogen) atoms. The number of imidazole rings is 1. The number of pyridine rings is 1. The highest BCUT2D eigenvalue weighted by Gasteiger charge is 2.15. The molecule has 0 aliphatic heterocycles. The fourth-order valence-corrected chi connectivity index (χ4v) is 3.86. The Balaban J connectivity index is 1.52. The zero-order chi connectivity index (χ0) is 23.0. The lowest BCUT2D eigenvalue weighted by Crippen LogP contribution is -2.25. The average Bonchev–Trinajstić information content (AvgIpc) is 3.27. The minimum absolute atomic E-state index is 0.0815. The van der Waals surface area contributed by atoms with Gasteiger partial charge in [0.05, 0.1) is 17.7 Å². The van der Waals surface area contributed by atoms with Gasteiger partial charge in [0.1, 0.15) is 0 Å². The summed E-state index contributed by atoms with van der Waals surface area (Å²) in [6.45, 7) is 1.22. The number of rotatable bonds is 8. The summed E-state index contributed by atoms with van der Waals surface area (Å²) >= 11 is 2.22. The molecule has 0 atom stereocenters. The molecule has 0 aliphatic carbocycles. The van der Waals surface area contributed by atoms with E-state index in [0.717, 1.165) is 32.5 Å². The molecule has 0 spiro atoms. The third kappa shape index (κ3) is 5.57. The van der Waals surface area contributed by atoms with Crippen LogP contribution in [-0.4, -0.2) is 27.0 Å². The molecule has 0 saturated carbocycles. The molecular formula is C24H20IN7O. The average molecular weight is 549 g/mol. The van der Waals surface area contributed by atoms with Crippen LogP contribution in [0.2, 0.25) is 0 Å². The van der Waals surface area contributed by atoms with Crippen molar-refractivity contribution < 1.29 is 4.79 Å². The van der Waals surface area contributed by atoms with Crippen LogP contribution >= 0.6 is 22.6 Å². The SMILES string of the molecule is [N-]=[N+]=Nc1cccc(-c2ncn(CCCNC(=O)c3ccc(I)cc3)c2-c2ccncc2)c1. The van der Waals surface area contributed by atoms with Crippen LogP contribution in [0.4, 0.5) is 5.69 Å². The minimum Gasteiger partial charge on any atom is -0.352 e. The summed E-state index contributed by atoms with van der Waals surface area (Å²) in [6.07, 6.45) is 6.03. The summed E-state index contributed by atoms with van der Waals surface area (Å²) in [4.78, 5) is 24.0. The quantitative estimate of drug-likeness (QED) is 0.0961. The van der Waals surface area contributed by atoms with E-state index in [4.69, 9.17) is 5.53 Å². The second-order valence-electron chi connectivity index (χ2n) is 7.23. The topological polar surface area (TPSA) is 109 Å². The molecule has 2 heterocycles. The van der Waals surface area contributed by atoms with E-state index < -0.39 is 0 Å². The van der Waals surface area contributed by atoms with Crippen LogP contribution < -0.4 is 5.32 Å². The normalized spacial score (nSPS) is 10.5. The number of carbonyl (C=O) groups excluding carboxylic acids is 1. The van der Waals surface area contributed by atoms with Gasteiger partial charge in [0.15, 0.2) is 0 Å². The molecule has 1 N–H and O–H groups in total. The lowest BCUT2D eigenvalue weighted by atomic mass is 10.0. The maximum Gasteiger partial charge on any atom is 0.251 e. The number of azide groups is 1. The molecule has 2 aromatic heterocycles. The Morgan fingerprint density at radius 3 is 2.64 bits per heavy atom. The number of carbonyl (C=O) groups is 1. The van der Waals surface area contributed by atoms with Gasteiger partial charge in [0.2, 0.25) is 0 Å². The van der Waals surface area contributed by atoms with Crippen molar-refractivity contribution in [2.45, 2.75) is 13.0 Å². The largest absolute Gasteiger partial charge is 0.352 e.